The molecule has 1 unspecified atom stereocenters. The molecule has 0 bridgehead atoms. The molecule has 0 amide bonds. The van der Waals surface area contributed by atoms with Crippen molar-refractivity contribution in [3.05, 3.63) is 11.5 Å². The van der Waals surface area contributed by atoms with Gasteiger partial charge in [-0.25, -0.2) is 4.98 Å². The van der Waals surface area contributed by atoms with Crippen LogP contribution in [0.4, 0.5) is 0 Å². The van der Waals surface area contributed by atoms with E-state index in [2.05, 4.69) is 16.6 Å². The Morgan fingerprint density at radius 2 is 2.29 bits per heavy atom. The fourth-order valence-corrected chi connectivity index (χ4v) is 3.33. The summed E-state index contributed by atoms with van der Waals surface area (Å²) in [5.41, 5.74) is 3.25. The van der Waals surface area contributed by atoms with E-state index in [1.165, 1.54) is 6.42 Å². The number of nitrogens with zero attached hydrogens (tertiary/aromatic N) is 4. The van der Waals surface area contributed by atoms with Crippen molar-refractivity contribution in [2.75, 3.05) is 19.1 Å². The number of rotatable bonds is 6. The average Bonchev–Trinajstić information content (AvgIpc) is 3.16. The van der Waals surface area contributed by atoms with Crippen LogP contribution in [0.25, 0.3) is 11.2 Å². The van der Waals surface area contributed by atoms with Crippen LogP contribution in [0.2, 0.25) is 0 Å². The Kier molecular flexibility index (Phi) is 4.50. The monoisotopic (exact) mass is 310 g/mol. The quantitative estimate of drug-likeness (QED) is 0.770. The fraction of sp³-hybridized carbons (Fsp3) is 0.733. The highest BCUT2D eigenvalue weighted by atomic mass is 35.5. The number of aryl methyl sites for hydroxylation is 4. The van der Waals surface area contributed by atoms with Crippen molar-refractivity contribution in [3.63, 3.8) is 0 Å². The molecule has 1 aliphatic rings. The van der Waals surface area contributed by atoms with Crippen LogP contribution in [0.15, 0.2) is 0 Å². The van der Waals surface area contributed by atoms with Crippen molar-refractivity contribution in [1.82, 2.24) is 19.3 Å². The molecule has 1 aliphatic heterocycles. The zero-order valence-electron chi connectivity index (χ0n) is 12.8. The zero-order valence-corrected chi connectivity index (χ0v) is 13.6. The summed E-state index contributed by atoms with van der Waals surface area (Å²) in [7, 11) is 2.00. The lowest BCUT2D eigenvalue weighted by atomic mass is 10.1. The molecule has 3 rings (SSSR count). The predicted octanol–water partition coefficient (Wildman–Crippen LogP) is 2.54. The molecule has 116 valence electrons. The van der Waals surface area contributed by atoms with Gasteiger partial charge in [0, 0.05) is 39.1 Å². The summed E-state index contributed by atoms with van der Waals surface area (Å²) in [6.07, 6.45) is 4.02. The molecule has 0 N–H and O–H groups in total. The molecule has 6 heteroatoms. The molecule has 0 spiro atoms. The summed E-state index contributed by atoms with van der Waals surface area (Å²) in [5.74, 6) is 2.36. The van der Waals surface area contributed by atoms with Crippen molar-refractivity contribution >= 4 is 22.8 Å². The lowest BCUT2D eigenvalue weighted by Crippen LogP contribution is -2.12. The van der Waals surface area contributed by atoms with Crippen LogP contribution in [0.1, 0.15) is 31.3 Å². The van der Waals surface area contributed by atoms with E-state index < -0.39 is 0 Å². The molecule has 1 saturated heterocycles. The fourth-order valence-electron chi connectivity index (χ4n) is 3.16. The number of alkyl halides is 1. The number of hydrogen-bond acceptors (Lipinski definition) is 3. The lowest BCUT2D eigenvalue weighted by molar-refractivity contribution is 0.183. The van der Waals surface area contributed by atoms with Gasteiger partial charge < -0.3 is 9.30 Å². The van der Waals surface area contributed by atoms with E-state index in [1.54, 1.807) is 0 Å². The molecular weight excluding hydrogens is 288 g/mol. The highest BCUT2D eigenvalue weighted by Crippen LogP contribution is 2.23. The van der Waals surface area contributed by atoms with Gasteiger partial charge in [-0.3, -0.25) is 4.68 Å². The summed E-state index contributed by atoms with van der Waals surface area (Å²) in [6.45, 7) is 4.90. The summed E-state index contributed by atoms with van der Waals surface area (Å²) in [6, 6.07) is 0. The minimum Gasteiger partial charge on any atom is -0.381 e. The van der Waals surface area contributed by atoms with Gasteiger partial charge in [-0.15, -0.1) is 11.6 Å². The SMILES string of the molecule is CCc1nn(C)c2c1nc(CCCl)n2CCC1CCOC1. The van der Waals surface area contributed by atoms with Crippen LogP contribution < -0.4 is 0 Å². The van der Waals surface area contributed by atoms with Gasteiger partial charge in [-0.05, 0) is 25.2 Å². The Morgan fingerprint density at radius 3 is 2.95 bits per heavy atom. The second kappa shape index (κ2) is 6.36. The largest absolute Gasteiger partial charge is 0.381 e. The van der Waals surface area contributed by atoms with E-state index >= 15 is 0 Å². The molecule has 2 aromatic heterocycles. The molecule has 0 aliphatic carbocycles. The van der Waals surface area contributed by atoms with Crippen molar-refractivity contribution in [1.29, 1.82) is 0 Å². The molecule has 0 radical (unpaired) electrons. The van der Waals surface area contributed by atoms with E-state index in [4.69, 9.17) is 21.3 Å². The van der Waals surface area contributed by atoms with E-state index in [0.29, 0.717) is 11.8 Å². The zero-order chi connectivity index (χ0) is 14.8. The Labute approximate surface area is 130 Å². The van der Waals surface area contributed by atoms with E-state index in [9.17, 15) is 0 Å². The Morgan fingerprint density at radius 1 is 1.43 bits per heavy atom. The van der Waals surface area contributed by atoms with Crippen molar-refractivity contribution < 1.29 is 4.74 Å². The van der Waals surface area contributed by atoms with Crippen LogP contribution in [0, 0.1) is 5.92 Å². The number of aromatic nitrogens is 4. The third-order valence-electron chi connectivity index (χ3n) is 4.31. The first kappa shape index (κ1) is 14.9. The van der Waals surface area contributed by atoms with Crippen LogP contribution in [0.3, 0.4) is 0 Å². The Bertz CT molecular complexity index is 613. The highest BCUT2D eigenvalue weighted by molar-refractivity contribution is 6.17. The van der Waals surface area contributed by atoms with Gasteiger partial charge in [0.1, 0.15) is 11.3 Å². The second-order valence-corrected chi connectivity index (χ2v) is 6.11. The molecule has 1 atom stereocenters. The Hall–Kier alpha value is -1.07. The molecule has 21 heavy (non-hydrogen) atoms. The minimum absolute atomic E-state index is 0.602. The summed E-state index contributed by atoms with van der Waals surface area (Å²) in [4.78, 5) is 4.80. The topological polar surface area (TPSA) is 44.9 Å². The van der Waals surface area contributed by atoms with Crippen LogP contribution in [-0.2, 0) is 31.2 Å². The van der Waals surface area contributed by atoms with E-state index in [-0.39, 0.29) is 0 Å². The van der Waals surface area contributed by atoms with Gasteiger partial charge in [0.05, 0.1) is 5.69 Å². The maximum Gasteiger partial charge on any atom is 0.158 e. The first-order valence-corrected chi connectivity index (χ1v) is 8.32. The molecule has 0 saturated carbocycles. The standard InChI is InChI=1S/C15H23ClN4O/c1-3-12-14-15(19(2)18-12)20(13(17-14)4-7-16)8-5-11-6-9-21-10-11/h11H,3-10H2,1-2H3. The van der Waals surface area contributed by atoms with Crippen LogP contribution >= 0.6 is 11.6 Å². The van der Waals surface area contributed by atoms with Gasteiger partial charge in [-0.2, -0.15) is 5.10 Å². The number of imidazole rings is 1. The molecular formula is C15H23ClN4O. The summed E-state index contributed by atoms with van der Waals surface area (Å²) >= 11 is 5.95. The van der Waals surface area contributed by atoms with Gasteiger partial charge >= 0.3 is 0 Å². The summed E-state index contributed by atoms with van der Waals surface area (Å²) in [5, 5.41) is 4.59. The summed E-state index contributed by atoms with van der Waals surface area (Å²) < 4.78 is 9.74. The maximum atomic E-state index is 5.95. The minimum atomic E-state index is 0.602. The normalized spacial score (nSPS) is 18.9. The highest BCUT2D eigenvalue weighted by Gasteiger charge is 2.20. The van der Waals surface area contributed by atoms with Crippen molar-refractivity contribution in [3.8, 4) is 0 Å². The molecule has 0 aromatic carbocycles. The third-order valence-corrected chi connectivity index (χ3v) is 4.50. The van der Waals surface area contributed by atoms with E-state index in [1.807, 2.05) is 11.7 Å². The number of halogens is 1. The molecule has 3 heterocycles. The van der Waals surface area contributed by atoms with Gasteiger partial charge in [0.25, 0.3) is 0 Å². The smallest absolute Gasteiger partial charge is 0.158 e. The first-order chi connectivity index (χ1) is 10.2. The van der Waals surface area contributed by atoms with Gasteiger partial charge in [0.15, 0.2) is 5.65 Å². The van der Waals surface area contributed by atoms with Crippen molar-refractivity contribution in [2.45, 2.75) is 39.2 Å². The first-order valence-electron chi connectivity index (χ1n) is 7.79. The predicted molar refractivity (Wildman–Crippen MR) is 83.8 cm³/mol. The average molecular weight is 311 g/mol. The van der Waals surface area contributed by atoms with E-state index in [0.717, 1.165) is 61.7 Å². The number of ether oxygens (including phenoxy) is 1. The van der Waals surface area contributed by atoms with Crippen molar-refractivity contribution in [2.24, 2.45) is 13.0 Å². The molecule has 2 aromatic rings. The molecule has 1 fully saturated rings. The number of hydrogen-bond donors (Lipinski definition) is 0. The number of fused-ring (bicyclic) bond motifs is 1. The third kappa shape index (κ3) is 2.81. The van der Waals surface area contributed by atoms with Gasteiger partial charge in [-0.1, -0.05) is 6.92 Å². The molecule has 5 nitrogen and oxygen atoms in total. The van der Waals surface area contributed by atoms with Crippen LogP contribution in [0.5, 0.6) is 0 Å². The Balaban J connectivity index is 1.92. The lowest BCUT2D eigenvalue weighted by Gasteiger charge is -2.12. The second-order valence-electron chi connectivity index (χ2n) is 5.73. The maximum absolute atomic E-state index is 5.95. The van der Waals surface area contributed by atoms with Gasteiger partial charge in [0.2, 0.25) is 0 Å². The van der Waals surface area contributed by atoms with Crippen LogP contribution in [-0.4, -0.2) is 38.4 Å².